The summed E-state index contributed by atoms with van der Waals surface area (Å²) in [5.74, 6) is 0.827. The molecule has 0 saturated heterocycles. The Morgan fingerprint density at radius 3 is 2.44 bits per heavy atom. The molecule has 0 radical (unpaired) electrons. The van der Waals surface area contributed by atoms with E-state index in [-0.39, 0.29) is 18.2 Å². The summed E-state index contributed by atoms with van der Waals surface area (Å²) in [7, 11) is 1.63. The Labute approximate surface area is 148 Å². The van der Waals surface area contributed by atoms with Crippen LogP contribution < -0.4 is 15.4 Å². The van der Waals surface area contributed by atoms with E-state index in [1.807, 2.05) is 55.5 Å². The van der Waals surface area contributed by atoms with Gasteiger partial charge < -0.3 is 15.4 Å². The van der Waals surface area contributed by atoms with E-state index in [0.717, 1.165) is 16.9 Å². The molecule has 0 atom stereocenters. The number of Topliss-reactive ketones (excluding diaryl/α,β-unsaturated/α-hetero) is 1. The molecule has 5 nitrogen and oxygen atoms in total. The summed E-state index contributed by atoms with van der Waals surface area (Å²) in [5, 5.41) is 5.50. The number of amides is 2. The molecular formula is C20H24N2O3. The number of hydrogen-bond donors (Lipinski definition) is 2. The van der Waals surface area contributed by atoms with E-state index in [0.29, 0.717) is 25.1 Å². The Balaban J connectivity index is 1.65. The van der Waals surface area contributed by atoms with Gasteiger partial charge in [-0.3, -0.25) is 4.79 Å². The second-order valence-corrected chi connectivity index (χ2v) is 5.82. The molecule has 2 aromatic carbocycles. The fourth-order valence-electron chi connectivity index (χ4n) is 2.38. The average molecular weight is 340 g/mol. The van der Waals surface area contributed by atoms with Gasteiger partial charge in [0.05, 0.1) is 7.11 Å². The molecule has 25 heavy (non-hydrogen) atoms. The van der Waals surface area contributed by atoms with Crippen LogP contribution in [0.4, 0.5) is 4.79 Å². The van der Waals surface area contributed by atoms with Crippen LogP contribution in [0, 0.1) is 6.92 Å². The van der Waals surface area contributed by atoms with Gasteiger partial charge in [-0.15, -0.1) is 0 Å². The Morgan fingerprint density at radius 2 is 1.72 bits per heavy atom. The molecule has 5 heteroatoms. The van der Waals surface area contributed by atoms with Crippen molar-refractivity contribution in [2.45, 2.75) is 19.8 Å². The van der Waals surface area contributed by atoms with Gasteiger partial charge in [0.2, 0.25) is 0 Å². The molecule has 0 fully saturated rings. The summed E-state index contributed by atoms with van der Waals surface area (Å²) in [5.41, 5.74) is 2.88. The largest absolute Gasteiger partial charge is 0.497 e. The van der Waals surface area contributed by atoms with Crippen LogP contribution >= 0.6 is 0 Å². The van der Waals surface area contributed by atoms with Crippen molar-refractivity contribution < 1.29 is 14.3 Å². The number of urea groups is 1. The van der Waals surface area contributed by atoms with Gasteiger partial charge in [-0.25, -0.2) is 4.79 Å². The molecule has 0 aromatic heterocycles. The first-order chi connectivity index (χ1) is 12.1. The first kappa shape index (κ1) is 18.5. The van der Waals surface area contributed by atoms with Crippen LogP contribution in [0.2, 0.25) is 0 Å². The number of rotatable bonds is 8. The SMILES string of the molecule is COc1cccc(CCNC(=O)NCCC(=O)c2ccc(C)cc2)c1. The zero-order valence-electron chi connectivity index (χ0n) is 14.7. The van der Waals surface area contributed by atoms with Crippen LogP contribution in [0.25, 0.3) is 0 Å². The van der Waals surface area contributed by atoms with Crippen molar-refractivity contribution in [3.05, 3.63) is 65.2 Å². The van der Waals surface area contributed by atoms with Crippen molar-refractivity contribution >= 4 is 11.8 Å². The molecule has 0 aliphatic carbocycles. The molecule has 0 heterocycles. The molecular weight excluding hydrogens is 316 g/mol. The molecule has 0 unspecified atom stereocenters. The van der Waals surface area contributed by atoms with Crippen LogP contribution in [0.1, 0.15) is 27.9 Å². The molecule has 0 bridgehead atoms. The van der Waals surface area contributed by atoms with E-state index in [1.54, 1.807) is 7.11 Å². The molecule has 0 aliphatic rings. The monoisotopic (exact) mass is 340 g/mol. The number of aryl methyl sites for hydroxylation is 1. The van der Waals surface area contributed by atoms with Gasteiger partial charge in [-0.1, -0.05) is 42.0 Å². The molecule has 0 saturated carbocycles. The molecule has 2 aromatic rings. The van der Waals surface area contributed by atoms with E-state index < -0.39 is 0 Å². The lowest BCUT2D eigenvalue weighted by molar-refractivity contribution is 0.0983. The lowest BCUT2D eigenvalue weighted by Gasteiger charge is -2.08. The van der Waals surface area contributed by atoms with Gasteiger partial charge in [-0.2, -0.15) is 0 Å². The summed E-state index contributed by atoms with van der Waals surface area (Å²) in [6, 6.07) is 14.9. The molecule has 2 N–H and O–H groups in total. The minimum atomic E-state index is -0.264. The van der Waals surface area contributed by atoms with E-state index in [4.69, 9.17) is 4.74 Å². The molecule has 0 spiro atoms. The second-order valence-electron chi connectivity index (χ2n) is 5.82. The maximum Gasteiger partial charge on any atom is 0.314 e. The average Bonchev–Trinajstić information content (AvgIpc) is 2.62. The maximum atomic E-state index is 12.0. The number of carbonyl (C=O) groups is 2. The standard InChI is InChI=1S/C20H24N2O3/c1-15-6-8-17(9-7-15)19(23)11-13-22-20(24)21-12-10-16-4-3-5-18(14-16)25-2/h3-9,14H,10-13H2,1-2H3,(H2,21,22,24). The quantitative estimate of drug-likeness (QED) is 0.726. The fraction of sp³-hybridized carbons (Fsp3) is 0.300. The summed E-state index contributed by atoms with van der Waals surface area (Å²) in [6.45, 7) is 2.81. The summed E-state index contributed by atoms with van der Waals surface area (Å²) >= 11 is 0. The Morgan fingerprint density at radius 1 is 1.00 bits per heavy atom. The Bertz CT molecular complexity index is 711. The van der Waals surface area contributed by atoms with Gasteiger partial charge >= 0.3 is 6.03 Å². The van der Waals surface area contributed by atoms with Crippen LogP contribution in [0.5, 0.6) is 5.75 Å². The van der Waals surface area contributed by atoms with Gasteiger partial charge in [0.25, 0.3) is 0 Å². The van der Waals surface area contributed by atoms with Gasteiger partial charge in [0, 0.05) is 25.1 Å². The predicted molar refractivity (Wildman–Crippen MR) is 98.2 cm³/mol. The summed E-state index contributed by atoms with van der Waals surface area (Å²) in [4.78, 5) is 23.8. The van der Waals surface area contributed by atoms with Gasteiger partial charge in [-0.05, 0) is 31.0 Å². The number of hydrogen-bond acceptors (Lipinski definition) is 3. The van der Waals surface area contributed by atoms with Crippen LogP contribution in [-0.2, 0) is 6.42 Å². The second kappa shape index (κ2) is 9.47. The van der Waals surface area contributed by atoms with Crippen molar-refractivity contribution in [3.8, 4) is 5.75 Å². The van der Waals surface area contributed by atoms with Crippen LogP contribution in [-0.4, -0.2) is 32.0 Å². The van der Waals surface area contributed by atoms with E-state index >= 15 is 0 Å². The Kier molecular flexibility index (Phi) is 7.01. The number of methoxy groups -OCH3 is 1. The lowest BCUT2D eigenvalue weighted by Crippen LogP contribution is -2.37. The first-order valence-corrected chi connectivity index (χ1v) is 8.33. The highest BCUT2D eigenvalue weighted by Crippen LogP contribution is 2.12. The topological polar surface area (TPSA) is 67.4 Å². The highest BCUT2D eigenvalue weighted by molar-refractivity contribution is 5.96. The van der Waals surface area contributed by atoms with Crippen molar-refractivity contribution in [1.82, 2.24) is 10.6 Å². The van der Waals surface area contributed by atoms with Crippen molar-refractivity contribution in [1.29, 1.82) is 0 Å². The Hall–Kier alpha value is -2.82. The van der Waals surface area contributed by atoms with E-state index in [2.05, 4.69) is 10.6 Å². The first-order valence-electron chi connectivity index (χ1n) is 8.33. The molecule has 132 valence electrons. The number of ether oxygens (including phenoxy) is 1. The minimum absolute atomic E-state index is 0.0247. The van der Waals surface area contributed by atoms with Crippen molar-refractivity contribution in [2.75, 3.05) is 20.2 Å². The highest BCUT2D eigenvalue weighted by atomic mass is 16.5. The predicted octanol–water partition coefficient (Wildman–Crippen LogP) is 3.12. The lowest BCUT2D eigenvalue weighted by atomic mass is 10.1. The van der Waals surface area contributed by atoms with Gasteiger partial charge in [0.1, 0.15) is 5.75 Å². The molecule has 0 aliphatic heterocycles. The number of carbonyl (C=O) groups excluding carboxylic acids is 2. The van der Waals surface area contributed by atoms with Crippen molar-refractivity contribution in [3.63, 3.8) is 0 Å². The zero-order valence-corrected chi connectivity index (χ0v) is 14.7. The zero-order chi connectivity index (χ0) is 18.1. The normalized spacial score (nSPS) is 10.2. The summed E-state index contributed by atoms with van der Waals surface area (Å²) in [6.07, 6.45) is 0.999. The number of nitrogens with one attached hydrogen (secondary N) is 2. The van der Waals surface area contributed by atoms with Crippen LogP contribution in [0.3, 0.4) is 0 Å². The third-order valence-electron chi connectivity index (χ3n) is 3.84. The number of ketones is 1. The maximum absolute atomic E-state index is 12.0. The summed E-state index contributed by atoms with van der Waals surface area (Å²) < 4.78 is 5.17. The third kappa shape index (κ3) is 6.30. The number of benzene rings is 2. The third-order valence-corrected chi connectivity index (χ3v) is 3.84. The molecule has 2 rings (SSSR count). The molecule has 2 amide bonds. The van der Waals surface area contributed by atoms with E-state index in [9.17, 15) is 9.59 Å². The van der Waals surface area contributed by atoms with Gasteiger partial charge in [0.15, 0.2) is 5.78 Å². The van der Waals surface area contributed by atoms with Crippen LogP contribution in [0.15, 0.2) is 48.5 Å². The minimum Gasteiger partial charge on any atom is -0.497 e. The highest BCUT2D eigenvalue weighted by Gasteiger charge is 2.06. The smallest absolute Gasteiger partial charge is 0.314 e. The van der Waals surface area contributed by atoms with Crippen molar-refractivity contribution in [2.24, 2.45) is 0 Å². The van der Waals surface area contributed by atoms with E-state index in [1.165, 1.54) is 0 Å². The fourth-order valence-corrected chi connectivity index (χ4v) is 2.38.